The maximum Gasteiger partial charge on any atom is 0.332 e. The molecule has 2 aliphatic heterocycles. The molecule has 0 unspecified atom stereocenters. The molecule has 202 valence electrons. The molecule has 8 heteroatoms. The van der Waals surface area contributed by atoms with E-state index in [-0.39, 0.29) is 11.8 Å². The lowest BCUT2D eigenvalue weighted by Crippen LogP contribution is -2.44. The first-order valence-corrected chi connectivity index (χ1v) is 13.4. The van der Waals surface area contributed by atoms with Crippen LogP contribution in [0.5, 0.6) is 0 Å². The van der Waals surface area contributed by atoms with Crippen LogP contribution in [0.4, 0.5) is 20.6 Å². The van der Waals surface area contributed by atoms with E-state index in [2.05, 4.69) is 10.3 Å². The summed E-state index contributed by atoms with van der Waals surface area (Å²) < 4.78 is 13.2. The molecule has 2 aliphatic rings. The predicted octanol–water partition coefficient (Wildman–Crippen LogP) is 6.35. The quantitative estimate of drug-likeness (QED) is 0.259. The highest BCUT2D eigenvalue weighted by atomic mass is 19.1. The summed E-state index contributed by atoms with van der Waals surface area (Å²) in [4.78, 5) is 47.1. The minimum Gasteiger partial charge on any atom is -0.356 e. The van der Waals surface area contributed by atoms with Crippen molar-refractivity contribution in [2.45, 2.75) is 25.4 Å². The van der Waals surface area contributed by atoms with Crippen molar-refractivity contribution >= 4 is 40.1 Å². The van der Waals surface area contributed by atoms with Crippen molar-refractivity contribution in [2.75, 3.05) is 10.2 Å². The maximum atomic E-state index is 14.0. The Hall–Kier alpha value is -5.24. The van der Waals surface area contributed by atoms with Crippen LogP contribution >= 0.6 is 0 Å². The highest BCUT2D eigenvalue weighted by Crippen LogP contribution is 2.44. The number of urea groups is 1. The number of halogens is 1. The minimum absolute atomic E-state index is 0.299. The van der Waals surface area contributed by atoms with E-state index < -0.39 is 23.9 Å². The fourth-order valence-electron chi connectivity index (χ4n) is 5.91. The van der Waals surface area contributed by atoms with Crippen LogP contribution in [0.1, 0.15) is 38.8 Å². The summed E-state index contributed by atoms with van der Waals surface area (Å²) in [6.07, 6.45) is 0.404. The number of nitrogens with one attached hydrogen (secondary N) is 2. The Morgan fingerprint density at radius 3 is 2.34 bits per heavy atom. The Morgan fingerprint density at radius 2 is 1.61 bits per heavy atom. The third-order valence-corrected chi connectivity index (χ3v) is 7.93. The van der Waals surface area contributed by atoms with Crippen molar-refractivity contribution in [2.24, 2.45) is 0 Å². The molecule has 2 atom stereocenters. The van der Waals surface area contributed by atoms with Gasteiger partial charge in [-0.15, -0.1) is 0 Å². The molecule has 1 aromatic heterocycles. The standard InChI is InChI=1S/C33H25FN4O3/c1-19-6-8-20(9-7-19)30-29-26(25-4-2-3-5-27(25)36-29)18-28-32(40)37(33(41)38(28)30)24-16-10-21(11-17-24)31(39)35-23-14-12-22(34)13-15-23/h2-17,28,30,36H,18H2,1H3,(H,35,39)/t28-,30+/m0/s1. The smallest absolute Gasteiger partial charge is 0.332 e. The van der Waals surface area contributed by atoms with Gasteiger partial charge in [-0.25, -0.2) is 14.1 Å². The average molecular weight is 545 g/mol. The van der Waals surface area contributed by atoms with Crippen LogP contribution in [0, 0.1) is 12.7 Å². The van der Waals surface area contributed by atoms with Crippen LogP contribution in [0.25, 0.3) is 10.9 Å². The van der Waals surface area contributed by atoms with Gasteiger partial charge in [0.15, 0.2) is 0 Å². The molecule has 7 nitrogen and oxygen atoms in total. The summed E-state index contributed by atoms with van der Waals surface area (Å²) in [6, 6.07) is 26.3. The Morgan fingerprint density at radius 1 is 0.902 bits per heavy atom. The number of imide groups is 1. The topological polar surface area (TPSA) is 85.5 Å². The zero-order chi connectivity index (χ0) is 28.2. The van der Waals surface area contributed by atoms with E-state index in [4.69, 9.17) is 0 Å². The highest BCUT2D eigenvalue weighted by molar-refractivity contribution is 6.22. The monoisotopic (exact) mass is 544 g/mol. The number of para-hydroxylation sites is 1. The van der Waals surface area contributed by atoms with Gasteiger partial charge >= 0.3 is 6.03 Å². The molecular weight excluding hydrogens is 519 g/mol. The van der Waals surface area contributed by atoms with Gasteiger partial charge in [0.2, 0.25) is 0 Å². The molecule has 1 fully saturated rings. The number of hydrogen-bond donors (Lipinski definition) is 2. The predicted molar refractivity (Wildman–Crippen MR) is 154 cm³/mol. The molecule has 7 rings (SSSR count). The number of carbonyl (C=O) groups is 3. The van der Waals surface area contributed by atoms with Gasteiger partial charge in [0, 0.05) is 34.3 Å². The van der Waals surface area contributed by atoms with Gasteiger partial charge in [-0.05, 0) is 72.6 Å². The third-order valence-electron chi connectivity index (χ3n) is 7.93. The van der Waals surface area contributed by atoms with Crippen LogP contribution in [0.2, 0.25) is 0 Å². The molecule has 0 bridgehead atoms. The van der Waals surface area contributed by atoms with Gasteiger partial charge in [0.1, 0.15) is 17.9 Å². The average Bonchev–Trinajstić information content (AvgIpc) is 3.48. The number of aromatic nitrogens is 1. The Balaban J connectivity index is 1.23. The molecule has 0 radical (unpaired) electrons. The summed E-state index contributed by atoms with van der Waals surface area (Å²) in [6.45, 7) is 2.01. The normalized spacial score (nSPS) is 18.0. The minimum atomic E-state index is -0.665. The lowest BCUT2D eigenvalue weighted by Gasteiger charge is -2.36. The van der Waals surface area contributed by atoms with E-state index in [0.29, 0.717) is 23.4 Å². The number of hydrogen-bond acceptors (Lipinski definition) is 3. The van der Waals surface area contributed by atoms with Crippen molar-refractivity contribution in [3.8, 4) is 0 Å². The number of benzene rings is 4. The molecular formula is C33H25FN4O3. The maximum absolute atomic E-state index is 14.0. The first-order chi connectivity index (χ1) is 19.9. The van der Waals surface area contributed by atoms with E-state index in [0.717, 1.165) is 33.3 Å². The second-order valence-corrected chi connectivity index (χ2v) is 10.5. The second-order valence-electron chi connectivity index (χ2n) is 10.5. The van der Waals surface area contributed by atoms with Gasteiger partial charge in [-0.3, -0.25) is 14.5 Å². The van der Waals surface area contributed by atoms with Crippen LogP contribution in [-0.4, -0.2) is 33.8 Å². The van der Waals surface area contributed by atoms with Crippen molar-refractivity contribution in [3.63, 3.8) is 0 Å². The van der Waals surface area contributed by atoms with E-state index in [9.17, 15) is 18.8 Å². The molecule has 41 heavy (non-hydrogen) atoms. The van der Waals surface area contributed by atoms with Gasteiger partial charge in [-0.2, -0.15) is 0 Å². The number of carbonyl (C=O) groups excluding carboxylic acids is 3. The third kappa shape index (κ3) is 4.07. The molecule has 0 saturated carbocycles. The first kappa shape index (κ1) is 24.8. The Kier molecular flexibility index (Phi) is 5.71. The Bertz CT molecular complexity index is 1830. The molecule has 1 saturated heterocycles. The van der Waals surface area contributed by atoms with E-state index >= 15 is 0 Å². The lowest BCUT2D eigenvalue weighted by molar-refractivity contribution is -0.120. The molecule has 0 spiro atoms. The summed E-state index contributed by atoms with van der Waals surface area (Å²) in [7, 11) is 0. The van der Waals surface area contributed by atoms with Crippen molar-refractivity contribution in [1.82, 2.24) is 9.88 Å². The van der Waals surface area contributed by atoms with Crippen molar-refractivity contribution < 1.29 is 18.8 Å². The molecule has 4 amide bonds. The van der Waals surface area contributed by atoms with Gasteiger partial charge in [-0.1, -0.05) is 48.0 Å². The fourth-order valence-corrected chi connectivity index (χ4v) is 5.91. The van der Waals surface area contributed by atoms with Crippen LogP contribution in [0.15, 0.2) is 97.1 Å². The van der Waals surface area contributed by atoms with Gasteiger partial charge in [0.25, 0.3) is 11.8 Å². The number of anilines is 2. The SMILES string of the molecule is Cc1ccc([C@@H]2c3[nH]c4ccccc4c3C[C@H]3C(=O)N(c4ccc(C(=O)Nc5ccc(F)cc5)cc4)C(=O)N23)cc1. The largest absolute Gasteiger partial charge is 0.356 e. The summed E-state index contributed by atoms with van der Waals surface area (Å²) in [5.74, 6) is -1.08. The van der Waals surface area contributed by atoms with Crippen molar-refractivity contribution in [3.05, 3.63) is 131 Å². The van der Waals surface area contributed by atoms with Gasteiger partial charge in [0.05, 0.1) is 5.69 Å². The molecule has 3 heterocycles. The van der Waals surface area contributed by atoms with Crippen molar-refractivity contribution in [1.29, 1.82) is 0 Å². The fraction of sp³-hybridized carbons (Fsp3) is 0.121. The zero-order valence-corrected chi connectivity index (χ0v) is 22.1. The van der Waals surface area contributed by atoms with E-state index in [1.165, 1.54) is 29.2 Å². The summed E-state index contributed by atoms with van der Waals surface area (Å²) >= 11 is 0. The molecule has 2 N–H and O–H groups in total. The molecule has 0 aliphatic carbocycles. The first-order valence-electron chi connectivity index (χ1n) is 13.4. The summed E-state index contributed by atoms with van der Waals surface area (Å²) in [5, 5.41) is 3.77. The highest BCUT2D eigenvalue weighted by Gasteiger charge is 2.53. The number of aryl methyl sites for hydroxylation is 1. The van der Waals surface area contributed by atoms with Crippen LogP contribution < -0.4 is 10.2 Å². The Labute approximate surface area is 235 Å². The van der Waals surface area contributed by atoms with Gasteiger partial charge < -0.3 is 10.3 Å². The molecule has 4 aromatic carbocycles. The number of aromatic amines is 1. The second kappa shape index (κ2) is 9.45. The van der Waals surface area contributed by atoms with Crippen LogP contribution in [-0.2, 0) is 11.2 Å². The number of rotatable bonds is 4. The van der Waals surface area contributed by atoms with Crippen LogP contribution in [0.3, 0.4) is 0 Å². The van der Waals surface area contributed by atoms with E-state index in [1.54, 1.807) is 29.2 Å². The molecule has 5 aromatic rings. The zero-order valence-electron chi connectivity index (χ0n) is 22.1. The number of amides is 4. The van der Waals surface area contributed by atoms with E-state index in [1.807, 2.05) is 55.5 Å². The number of fused-ring (bicyclic) bond motifs is 4. The number of H-pyrrole nitrogens is 1. The summed E-state index contributed by atoms with van der Waals surface area (Å²) in [5.41, 5.74) is 6.15. The number of nitrogens with zero attached hydrogens (tertiary/aromatic N) is 2. The lowest BCUT2D eigenvalue weighted by atomic mass is 9.88.